The fourth-order valence-electron chi connectivity index (χ4n) is 4.23. The Morgan fingerprint density at radius 3 is 2.74 bits per heavy atom. The van der Waals surface area contributed by atoms with Crippen LogP contribution in [0.4, 0.5) is 10.5 Å². The van der Waals surface area contributed by atoms with Crippen LogP contribution in [0.5, 0.6) is 5.75 Å². The van der Waals surface area contributed by atoms with Gasteiger partial charge < -0.3 is 19.9 Å². The van der Waals surface area contributed by atoms with Gasteiger partial charge in [-0.05, 0) is 67.1 Å². The lowest BCUT2D eigenvalue weighted by molar-refractivity contribution is -0.135. The SMILES string of the molecule is CCCN(CC(=O)N1CCc2sccc2[C@H]1COc1ccc(C)cc1)C(=O)Nc1cccc(Cl)c1. The second-order valence-electron chi connectivity index (χ2n) is 8.64. The van der Waals surface area contributed by atoms with Crippen LogP contribution in [0.15, 0.2) is 60.0 Å². The number of urea groups is 1. The zero-order chi connectivity index (χ0) is 24.8. The third-order valence-corrected chi connectivity index (χ3v) is 7.26. The van der Waals surface area contributed by atoms with E-state index in [1.807, 2.05) is 43.0 Å². The van der Waals surface area contributed by atoms with Crippen LogP contribution in [0.2, 0.25) is 5.02 Å². The highest BCUT2D eigenvalue weighted by Gasteiger charge is 2.33. The summed E-state index contributed by atoms with van der Waals surface area (Å²) in [6.07, 6.45) is 1.55. The molecule has 2 heterocycles. The summed E-state index contributed by atoms with van der Waals surface area (Å²) in [4.78, 5) is 31.2. The molecule has 6 nitrogen and oxygen atoms in total. The molecule has 0 fully saturated rings. The van der Waals surface area contributed by atoms with Gasteiger partial charge in [0, 0.05) is 28.7 Å². The van der Waals surface area contributed by atoms with E-state index in [1.54, 1.807) is 40.5 Å². The summed E-state index contributed by atoms with van der Waals surface area (Å²) in [6.45, 7) is 5.46. The van der Waals surface area contributed by atoms with E-state index in [0.717, 1.165) is 24.2 Å². The molecule has 1 aliphatic rings. The van der Waals surface area contributed by atoms with Crippen molar-refractivity contribution in [3.63, 3.8) is 0 Å². The Balaban J connectivity index is 1.47. The first-order valence-electron chi connectivity index (χ1n) is 11.8. The third-order valence-electron chi connectivity index (χ3n) is 6.03. The monoisotopic (exact) mass is 511 g/mol. The molecule has 0 radical (unpaired) electrons. The number of benzene rings is 2. The number of nitrogens with zero attached hydrogens (tertiary/aromatic N) is 2. The average Bonchev–Trinajstić information content (AvgIpc) is 3.32. The Bertz CT molecular complexity index is 1160. The number of rotatable bonds is 8. The van der Waals surface area contributed by atoms with Crippen molar-refractivity contribution in [2.45, 2.75) is 32.7 Å². The lowest BCUT2D eigenvalue weighted by Crippen LogP contribution is -2.48. The normalized spacial score (nSPS) is 14.8. The van der Waals surface area contributed by atoms with Crippen LogP contribution in [0.3, 0.4) is 0 Å². The van der Waals surface area contributed by atoms with Gasteiger partial charge in [-0.25, -0.2) is 4.79 Å². The molecule has 0 aliphatic carbocycles. The average molecular weight is 512 g/mol. The van der Waals surface area contributed by atoms with Crippen LogP contribution >= 0.6 is 22.9 Å². The molecule has 1 aromatic heterocycles. The first kappa shape index (κ1) is 25.1. The van der Waals surface area contributed by atoms with Crippen molar-refractivity contribution in [2.75, 3.05) is 31.6 Å². The zero-order valence-electron chi connectivity index (χ0n) is 20.0. The van der Waals surface area contributed by atoms with Crippen LogP contribution < -0.4 is 10.1 Å². The predicted molar refractivity (Wildman–Crippen MR) is 141 cm³/mol. The maximum Gasteiger partial charge on any atom is 0.322 e. The van der Waals surface area contributed by atoms with Crippen LogP contribution in [0, 0.1) is 6.92 Å². The molecule has 4 rings (SSSR count). The molecule has 1 aliphatic heterocycles. The van der Waals surface area contributed by atoms with E-state index >= 15 is 0 Å². The van der Waals surface area contributed by atoms with E-state index in [1.165, 1.54) is 10.4 Å². The quantitative estimate of drug-likeness (QED) is 0.394. The Morgan fingerprint density at radius 1 is 1.20 bits per heavy atom. The van der Waals surface area contributed by atoms with Gasteiger partial charge in [0.25, 0.3) is 0 Å². The fraction of sp³-hybridized carbons (Fsp3) is 0.333. The van der Waals surface area contributed by atoms with E-state index in [-0.39, 0.29) is 24.5 Å². The summed E-state index contributed by atoms with van der Waals surface area (Å²) in [5.41, 5.74) is 2.90. The lowest BCUT2D eigenvalue weighted by Gasteiger charge is -2.37. The Kier molecular flexibility index (Phi) is 8.31. The van der Waals surface area contributed by atoms with Crippen LogP contribution in [0.1, 0.15) is 35.4 Å². The van der Waals surface area contributed by atoms with Crippen molar-refractivity contribution >= 4 is 40.6 Å². The molecule has 0 saturated carbocycles. The minimum absolute atomic E-state index is 0.000735. The standard InChI is InChI=1S/C27H30ClN3O3S/c1-3-13-30(27(33)29-21-6-4-5-20(28)16-21)17-26(32)31-14-11-25-23(12-15-35-25)24(31)18-34-22-9-7-19(2)8-10-22/h4-10,12,15-16,24H,3,11,13-14,17-18H2,1-2H3,(H,29,33)/t24-/m1/s1. The molecule has 0 spiro atoms. The van der Waals surface area contributed by atoms with Crippen molar-refractivity contribution in [2.24, 2.45) is 0 Å². The molecule has 1 atom stereocenters. The van der Waals surface area contributed by atoms with Gasteiger partial charge in [0.2, 0.25) is 5.91 Å². The summed E-state index contributed by atoms with van der Waals surface area (Å²) in [5, 5.41) is 5.47. The first-order valence-corrected chi connectivity index (χ1v) is 13.1. The summed E-state index contributed by atoms with van der Waals surface area (Å²) in [7, 11) is 0. The summed E-state index contributed by atoms with van der Waals surface area (Å²) < 4.78 is 6.10. The van der Waals surface area contributed by atoms with Gasteiger partial charge in [-0.1, -0.05) is 42.3 Å². The highest BCUT2D eigenvalue weighted by molar-refractivity contribution is 7.10. The van der Waals surface area contributed by atoms with Crippen molar-refractivity contribution in [3.05, 3.63) is 81.0 Å². The minimum Gasteiger partial charge on any atom is -0.491 e. The maximum atomic E-state index is 13.5. The van der Waals surface area contributed by atoms with Gasteiger partial charge in [-0.15, -0.1) is 11.3 Å². The molecular weight excluding hydrogens is 482 g/mol. The molecule has 35 heavy (non-hydrogen) atoms. The van der Waals surface area contributed by atoms with Crippen LogP contribution in [0.25, 0.3) is 0 Å². The van der Waals surface area contributed by atoms with Crippen molar-refractivity contribution in [1.29, 1.82) is 0 Å². The summed E-state index contributed by atoms with van der Waals surface area (Å²) >= 11 is 7.76. The second-order valence-corrected chi connectivity index (χ2v) is 10.1. The lowest BCUT2D eigenvalue weighted by atomic mass is 10.0. The van der Waals surface area contributed by atoms with Crippen LogP contribution in [-0.4, -0.2) is 48.0 Å². The molecule has 3 amide bonds. The van der Waals surface area contributed by atoms with Gasteiger partial charge >= 0.3 is 6.03 Å². The van der Waals surface area contributed by atoms with Gasteiger partial charge in [0.15, 0.2) is 0 Å². The predicted octanol–water partition coefficient (Wildman–Crippen LogP) is 6.16. The zero-order valence-corrected chi connectivity index (χ0v) is 21.6. The number of carbonyl (C=O) groups is 2. The van der Waals surface area contributed by atoms with E-state index in [4.69, 9.17) is 16.3 Å². The Morgan fingerprint density at radius 2 is 2.00 bits per heavy atom. The van der Waals surface area contributed by atoms with E-state index < -0.39 is 0 Å². The van der Waals surface area contributed by atoms with Gasteiger partial charge in [0.05, 0.1) is 6.04 Å². The molecule has 1 N–H and O–H groups in total. The fourth-order valence-corrected chi connectivity index (χ4v) is 5.35. The highest BCUT2D eigenvalue weighted by atomic mass is 35.5. The molecule has 184 valence electrons. The molecular formula is C27H30ClN3O3S. The third kappa shape index (κ3) is 6.35. The number of hydrogen-bond acceptors (Lipinski definition) is 4. The van der Waals surface area contributed by atoms with Gasteiger partial charge in [-0.3, -0.25) is 4.79 Å². The number of aryl methyl sites for hydroxylation is 1. The van der Waals surface area contributed by atoms with Crippen molar-refractivity contribution in [1.82, 2.24) is 9.80 Å². The number of hydrogen-bond donors (Lipinski definition) is 1. The Hall–Kier alpha value is -3.03. The summed E-state index contributed by atoms with van der Waals surface area (Å²) in [5.74, 6) is 0.688. The minimum atomic E-state index is -0.317. The second kappa shape index (κ2) is 11.6. The molecule has 0 unspecified atom stereocenters. The van der Waals surface area contributed by atoms with E-state index in [0.29, 0.717) is 30.4 Å². The topological polar surface area (TPSA) is 61.9 Å². The maximum absolute atomic E-state index is 13.5. The number of anilines is 1. The number of fused-ring (bicyclic) bond motifs is 1. The van der Waals surface area contributed by atoms with Gasteiger partial charge in [0.1, 0.15) is 18.9 Å². The number of halogens is 1. The van der Waals surface area contributed by atoms with Crippen molar-refractivity contribution in [3.8, 4) is 5.75 Å². The first-order chi connectivity index (χ1) is 16.9. The number of thiophene rings is 1. The highest BCUT2D eigenvalue weighted by Crippen LogP contribution is 2.34. The van der Waals surface area contributed by atoms with Crippen molar-refractivity contribution < 1.29 is 14.3 Å². The summed E-state index contributed by atoms with van der Waals surface area (Å²) in [6, 6.07) is 16.5. The molecule has 3 aromatic rings. The largest absolute Gasteiger partial charge is 0.491 e. The molecule has 0 bridgehead atoms. The molecule has 2 aromatic carbocycles. The number of carbonyl (C=O) groups excluding carboxylic acids is 2. The molecule has 0 saturated heterocycles. The number of nitrogens with one attached hydrogen (secondary N) is 1. The smallest absolute Gasteiger partial charge is 0.322 e. The van der Waals surface area contributed by atoms with Crippen LogP contribution in [-0.2, 0) is 11.2 Å². The number of amides is 3. The molecule has 8 heteroatoms. The van der Waals surface area contributed by atoms with E-state index in [2.05, 4.69) is 16.8 Å². The Labute approximate surface area is 215 Å². The number of ether oxygens (including phenoxy) is 1. The van der Waals surface area contributed by atoms with E-state index in [9.17, 15) is 9.59 Å². The van der Waals surface area contributed by atoms with Gasteiger partial charge in [-0.2, -0.15) is 0 Å².